The molecule has 2 aromatic carbocycles. The highest BCUT2D eigenvalue weighted by Crippen LogP contribution is 2.24. The van der Waals surface area contributed by atoms with E-state index in [1.54, 1.807) is 24.4 Å². The lowest BCUT2D eigenvalue weighted by molar-refractivity contribution is -0.144. The Morgan fingerprint density at radius 3 is 2.66 bits per heavy atom. The maximum absolute atomic E-state index is 14.1. The van der Waals surface area contributed by atoms with Crippen molar-refractivity contribution < 1.29 is 32.6 Å². The Balaban J connectivity index is 1.49. The number of rotatable bonds is 14. The molecule has 0 unspecified atom stereocenters. The maximum atomic E-state index is 14.1. The summed E-state index contributed by atoms with van der Waals surface area (Å²) in [6.45, 7) is 11.6. The number of esters is 1. The molecule has 1 aromatic heterocycles. The monoisotopic (exact) mass is 607 g/mol. The van der Waals surface area contributed by atoms with Gasteiger partial charge in [0.15, 0.2) is 11.6 Å². The van der Waals surface area contributed by atoms with Crippen molar-refractivity contribution in [3.05, 3.63) is 106 Å². The number of amides is 1. The topological polar surface area (TPSA) is 90.0 Å². The van der Waals surface area contributed by atoms with Crippen LogP contribution in [0.1, 0.15) is 58.5 Å². The highest BCUT2D eigenvalue weighted by Gasteiger charge is 2.20. The summed E-state index contributed by atoms with van der Waals surface area (Å²) in [5.74, 6) is -2.24. The van der Waals surface area contributed by atoms with E-state index in [4.69, 9.17) is 14.2 Å². The minimum absolute atomic E-state index is 0.0898. The largest absolute Gasteiger partial charge is 0.486 e. The number of hydrogen-bond donors (Lipinski definition) is 1. The number of aryl methyl sites for hydroxylation is 2. The molecule has 44 heavy (non-hydrogen) atoms. The number of benzene rings is 2. The van der Waals surface area contributed by atoms with E-state index < -0.39 is 11.6 Å². The summed E-state index contributed by atoms with van der Waals surface area (Å²) in [5.41, 5.74) is 4.17. The number of carbonyl (C=O) groups excluding carboxylic acids is 2. The first-order valence-corrected chi connectivity index (χ1v) is 14.7. The second-order valence-electron chi connectivity index (χ2n) is 10.9. The Bertz CT molecular complexity index is 1460. The van der Waals surface area contributed by atoms with Crippen LogP contribution in [-0.2, 0) is 27.3 Å². The molecule has 0 radical (unpaired) electrons. The molecule has 8 nitrogen and oxygen atoms in total. The number of ether oxygens (including phenoxy) is 3. The van der Waals surface area contributed by atoms with Gasteiger partial charge in [0.2, 0.25) is 0 Å². The zero-order chi connectivity index (χ0) is 31.5. The minimum Gasteiger partial charge on any atom is -0.486 e. The van der Waals surface area contributed by atoms with Crippen molar-refractivity contribution in [2.24, 2.45) is 0 Å². The molecule has 0 spiro atoms. The number of halogens is 2. The van der Waals surface area contributed by atoms with Crippen LogP contribution in [0.4, 0.5) is 8.78 Å². The summed E-state index contributed by atoms with van der Waals surface area (Å²) in [7, 11) is 0. The second-order valence-corrected chi connectivity index (χ2v) is 10.9. The predicted octanol–water partition coefficient (Wildman–Crippen LogP) is 5.49. The van der Waals surface area contributed by atoms with Crippen molar-refractivity contribution in [1.29, 1.82) is 0 Å². The van der Waals surface area contributed by atoms with E-state index in [1.807, 2.05) is 26.0 Å². The molecular formula is C34H39F2N3O5. The molecule has 1 N–H and O–H groups in total. The van der Waals surface area contributed by atoms with Crippen LogP contribution in [0.2, 0.25) is 0 Å². The van der Waals surface area contributed by atoms with Crippen LogP contribution in [0.25, 0.3) is 0 Å². The fourth-order valence-corrected chi connectivity index (χ4v) is 4.93. The number of hydrogen-bond acceptors (Lipinski definition) is 7. The van der Waals surface area contributed by atoms with Crippen molar-refractivity contribution in [3.8, 4) is 5.75 Å². The molecule has 1 aliphatic rings. The van der Waals surface area contributed by atoms with Crippen molar-refractivity contribution in [1.82, 2.24) is 15.2 Å². The molecule has 0 aliphatic carbocycles. The van der Waals surface area contributed by atoms with E-state index in [9.17, 15) is 18.4 Å². The van der Waals surface area contributed by atoms with Gasteiger partial charge < -0.3 is 19.5 Å². The lowest BCUT2D eigenvalue weighted by atomic mass is 9.97. The minimum atomic E-state index is -0.691. The molecule has 0 bridgehead atoms. The molecule has 10 heteroatoms. The average molecular weight is 608 g/mol. The van der Waals surface area contributed by atoms with Crippen LogP contribution in [0, 0.1) is 18.6 Å². The van der Waals surface area contributed by atoms with Crippen molar-refractivity contribution in [2.75, 3.05) is 39.5 Å². The van der Waals surface area contributed by atoms with Gasteiger partial charge in [0.1, 0.15) is 19.0 Å². The third-order valence-electron chi connectivity index (χ3n) is 7.26. The van der Waals surface area contributed by atoms with Crippen LogP contribution < -0.4 is 10.1 Å². The summed E-state index contributed by atoms with van der Waals surface area (Å²) in [5, 5.41) is 3.11. The van der Waals surface area contributed by atoms with Crippen LogP contribution in [0.3, 0.4) is 0 Å². The number of morpholine rings is 1. The zero-order valence-electron chi connectivity index (χ0n) is 25.2. The van der Waals surface area contributed by atoms with E-state index in [-0.39, 0.29) is 49.7 Å². The summed E-state index contributed by atoms with van der Waals surface area (Å²) < 4.78 is 44.1. The first-order chi connectivity index (χ1) is 21.2. The smallest absolute Gasteiger partial charge is 0.306 e. The third kappa shape index (κ3) is 9.96. The van der Waals surface area contributed by atoms with E-state index in [1.165, 1.54) is 0 Å². The standard InChI is InChI=1S/C34H39F2N3O5/c1-23(2)18-31(27-10-11-37-24(3)19-27)38-34(41)29-20-25(22-44-32-21-28(35)7-8-30(32)36)4-5-26(29)6-9-33(40)43-17-14-39-12-15-42-16-13-39/h4-5,7-8,10-11,19-21,31H,1,6,9,12-18,22H2,2-3H3,(H,38,41)/t31-/m1/s1. The molecular weight excluding hydrogens is 568 g/mol. The number of aromatic nitrogens is 1. The van der Waals surface area contributed by atoms with Gasteiger partial charge in [0.25, 0.3) is 5.91 Å². The average Bonchev–Trinajstić information content (AvgIpc) is 3.00. The number of nitrogens with zero attached hydrogens (tertiary/aromatic N) is 2. The Kier molecular flexibility index (Phi) is 12.0. The molecule has 1 amide bonds. The van der Waals surface area contributed by atoms with Crippen molar-refractivity contribution in [2.45, 2.75) is 45.8 Å². The van der Waals surface area contributed by atoms with Gasteiger partial charge in [-0.05, 0) is 73.7 Å². The van der Waals surface area contributed by atoms with Gasteiger partial charge in [-0.25, -0.2) is 8.78 Å². The zero-order valence-corrected chi connectivity index (χ0v) is 25.2. The SMILES string of the molecule is C=C(C)C[C@@H](NC(=O)c1cc(COc2cc(F)ccc2F)ccc1CCC(=O)OCCN1CCOCC1)c1ccnc(C)c1. The Morgan fingerprint density at radius 2 is 1.91 bits per heavy atom. The van der Waals surface area contributed by atoms with Gasteiger partial charge in [-0.15, -0.1) is 6.58 Å². The number of pyridine rings is 1. The second kappa shape index (κ2) is 16.1. The van der Waals surface area contributed by atoms with E-state index >= 15 is 0 Å². The summed E-state index contributed by atoms with van der Waals surface area (Å²) in [6.07, 6.45) is 2.58. The lowest BCUT2D eigenvalue weighted by Crippen LogP contribution is -2.38. The Labute approximate surface area is 257 Å². The van der Waals surface area contributed by atoms with Crippen LogP contribution in [0.5, 0.6) is 5.75 Å². The van der Waals surface area contributed by atoms with Gasteiger partial charge in [0, 0.05) is 49.6 Å². The lowest BCUT2D eigenvalue weighted by Gasteiger charge is -2.26. The Hall–Kier alpha value is -4.15. The van der Waals surface area contributed by atoms with Crippen molar-refractivity contribution in [3.63, 3.8) is 0 Å². The molecule has 4 rings (SSSR count). The summed E-state index contributed by atoms with van der Waals surface area (Å²) in [4.78, 5) is 32.8. The molecule has 1 aliphatic heterocycles. The molecule has 234 valence electrons. The molecule has 1 saturated heterocycles. The molecule has 1 atom stereocenters. The van der Waals surface area contributed by atoms with Crippen molar-refractivity contribution >= 4 is 11.9 Å². The highest BCUT2D eigenvalue weighted by atomic mass is 19.1. The van der Waals surface area contributed by atoms with E-state index in [0.717, 1.165) is 48.1 Å². The van der Waals surface area contributed by atoms with Gasteiger partial charge >= 0.3 is 5.97 Å². The third-order valence-corrected chi connectivity index (χ3v) is 7.26. The van der Waals surface area contributed by atoms with Gasteiger partial charge in [0.05, 0.1) is 19.3 Å². The number of nitrogens with one attached hydrogen (secondary N) is 1. The van der Waals surface area contributed by atoms with E-state index in [2.05, 4.69) is 21.8 Å². The van der Waals surface area contributed by atoms with Gasteiger partial charge in [-0.1, -0.05) is 17.7 Å². The normalized spacial score (nSPS) is 14.1. The van der Waals surface area contributed by atoms with Gasteiger partial charge in [-0.2, -0.15) is 0 Å². The fourth-order valence-electron chi connectivity index (χ4n) is 4.93. The van der Waals surface area contributed by atoms with Crippen LogP contribution >= 0.6 is 0 Å². The summed E-state index contributed by atoms with van der Waals surface area (Å²) in [6, 6.07) is 11.5. The van der Waals surface area contributed by atoms with Crippen LogP contribution in [0.15, 0.2) is 66.9 Å². The quantitative estimate of drug-likeness (QED) is 0.191. The first-order valence-electron chi connectivity index (χ1n) is 14.7. The highest BCUT2D eigenvalue weighted by molar-refractivity contribution is 5.96. The maximum Gasteiger partial charge on any atom is 0.306 e. The van der Waals surface area contributed by atoms with Crippen LogP contribution in [-0.4, -0.2) is 61.2 Å². The molecule has 3 aromatic rings. The number of carbonyl (C=O) groups is 2. The summed E-state index contributed by atoms with van der Waals surface area (Å²) >= 11 is 0. The van der Waals surface area contributed by atoms with E-state index in [0.29, 0.717) is 42.9 Å². The fraction of sp³-hybridized carbons (Fsp3) is 0.382. The molecule has 1 fully saturated rings. The molecule has 0 saturated carbocycles. The molecule has 2 heterocycles. The first kappa shape index (κ1) is 32.8. The van der Waals surface area contributed by atoms with Gasteiger partial charge in [-0.3, -0.25) is 19.5 Å². The Morgan fingerprint density at radius 1 is 1.11 bits per heavy atom. The predicted molar refractivity (Wildman–Crippen MR) is 162 cm³/mol.